The number of nitrogens with one attached hydrogen (secondary N) is 1. The minimum atomic E-state index is -0.940. The Morgan fingerprint density at radius 2 is 1.85 bits per heavy atom. The molecule has 2 aliphatic heterocycles. The maximum atomic E-state index is 15.3. The zero-order valence-corrected chi connectivity index (χ0v) is 20.1. The monoisotopic (exact) mass is 544 g/mol. The van der Waals surface area contributed by atoms with E-state index in [1.807, 2.05) is 4.90 Å². The molecule has 4 heterocycles. The van der Waals surface area contributed by atoms with E-state index in [1.165, 1.54) is 18.2 Å². The van der Waals surface area contributed by atoms with Crippen LogP contribution < -0.4 is 10.2 Å². The molecule has 3 aromatic rings. The Bertz CT molecular complexity index is 1280. The molecule has 34 heavy (non-hydrogen) atoms. The van der Waals surface area contributed by atoms with E-state index in [4.69, 9.17) is 4.99 Å². The van der Waals surface area contributed by atoms with E-state index >= 15 is 4.39 Å². The Morgan fingerprint density at radius 1 is 1.09 bits per heavy atom. The molecular formula is C22H16AsF3N6OS. The number of hydrogen-bond acceptors (Lipinski definition) is 7. The molecule has 2 radical (unpaired) electrons. The molecule has 1 fully saturated rings. The van der Waals surface area contributed by atoms with Crippen molar-refractivity contribution in [3.05, 3.63) is 77.6 Å². The number of benzene rings is 1. The van der Waals surface area contributed by atoms with Crippen molar-refractivity contribution < 1.29 is 18.0 Å². The third-order valence-electron chi connectivity index (χ3n) is 5.80. The van der Waals surface area contributed by atoms with Crippen LogP contribution in [-0.4, -0.2) is 60.4 Å². The summed E-state index contributed by atoms with van der Waals surface area (Å²) in [7, 11) is 0. The van der Waals surface area contributed by atoms with E-state index < -0.39 is 28.9 Å². The third-order valence-corrected chi connectivity index (χ3v) is 7.74. The number of amides is 1. The van der Waals surface area contributed by atoms with Crippen molar-refractivity contribution >= 4 is 50.0 Å². The number of halogens is 3. The molecule has 5 rings (SSSR count). The van der Waals surface area contributed by atoms with Gasteiger partial charge in [-0.3, -0.25) is 0 Å². The number of fused-ring (bicyclic) bond motifs is 1. The number of pyridine rings is 1. The number of carbonyl (C=O) groups is 1. The number of carbonyl (C=O) groups excluding carboxylic acids is 1. The molecule has 12 heteroatoms. The van der Waals surface area contributed by atoms with Crippen LogP contribution in [0.1, 0.15) is 16.1 Å². The number of rotatable bonds is 4. The van der Waals surface area contributed by atoms with Crippen LogP contribution >= 0.6 is 11.8 Å². The standard InChI is InChI=1S/C22H16AsF3N6OS/c23-20-31-22(11-32(9-12(22)10-34-20)21-28-7-14(25)8-29-21)16-5-15(2-3-17(16)26)30-19(33)18-4-1-13(24)6-27-18/h1-8,12H,9-11H2,(H,30,33)/t12-,22?/m0/s1. The molecule has 0 saturated carbocycles. The third kappa shape index (κ3) is 4.30. The van der Waals surface area contributed by atoms with Gasteiger partial charge in [0.1, 0.15) is 0 Å². The molecule has 1 aromatic carbocycles. The van der Waals surface area contributed by atoms with E-state index in [0.717, 1.165) is 28.5 Å². The van der Waals surface area contributed by atoms with Gasteiger partial charge in [-0.05, 0) is 0 Å². The van der Waals surface area contributed by atoms with Gasteiger partial charge in [0.15, 0.2) is 0 Å². The fourth-order valence-electron chi connectivity index (χ4n) is 4.22. The summed E-state index contributed by atoms with van der Waals surface area (Å²) in [6.07, 6.45) is 3.14. The van der Waals surface area contributed by atoms with Crippen LogP contribution in [-0.2, 0) is 5.54 Å². The summed E-state index contributed by atoms with van der Waals surface area (Å²) in [6.45, 7) is 0.802. The zero-order chi connectivity index (χ0) is 23.9. The van der Waals surface area contributed by atoms with Gasteiger partial charge < -0.3 is 0 Å². The molecule has 0 bridgehead atoms. The average Bonchev–Trinajstić information content (AvgIpc) is 3.20. The molecule has 1 N–H and O–H groups in total. The summed E-state index contributed by atoms with van der Waals surface area (Å²) < 4.78 is 42.5. The van der Waals surface area contributed by atoms with Gasteiger partial charge in [-0.2, -0.15) is 0 Å². The van der Waals surface area contributed by atoms with E-state index in [-0.39, 0.29) is 11.6 Å². The first-order valence-corrected chi connectivity index (χ1v) is 12.1. The second-order valence-corrected chi connectivity index (χ2v) is 10.5. The maximum absolute atomic E-state index is 15.3. The Balaban J connectivity index is 1.50. The second-order valence-electron chi connectivity index (χ2n) is 7.92. The van der Waals surface area contributed by atoms with Gasteiger partial charge in [-0.15, -0.1) is 0 Å². The molecule has 7 nitrogen and oxygen atoms in total. The van der Waals surface area contributed by atoms with E-state index in [1.54, 1.807) is 17.8 Å². The molecule has 172 valence electrons. The molecule has 2 atom stereocenters. The molecule has 2 aliphatic rings. The number of aromatic nitrogens is 3. The molecule has 0 spiro atoms. The minimum absolute atomic E-state index is 0.0315. The van der Waals surface area contributed by atoms with E-state index in [9.17, 15) is 13.6 Å². The normalized spacial score (nSPS) is 21.7. The summed E-state index contributed by atoms with van der Waals surface area (Å²) in [6, 6.07) is 6.71. The molecule has 1 amide bonds. The number of thioether (sulfide) groups is 1. The van der Waals surface area contributed by atoms with Crippen LogP contribution in [0.3, 0.4) is 0 Å². The Hall–Kier alpha value is -2.91. The second kappa shape index (κ2) is 9.03. The topological polar surface area (TPSA) is 83.4 Å². The average molecular weight is 544 g/mol. The Kier molecular flexibility index (Phi) is 6.07. The predicted molar refractivity (Wildman–Crippen MR) is 124 cm³/mol. The van der Waals surface area contributed by atoms with Crippen LogP contribution in [0.2, 0.25) is 0 Å². The van der Waals surface area contributed by atoms with Crippen LogP contribution in [0.5, 0.6) is 0 Å². The summed E-state index contributed by atoms with van der Waals surface area (Å²) in [4.78, 5) is 31.2. The number of anilines is 2. The van der Waals surface area contributed by atoms with Crippen LogP contribution in [0.15, 0.2) is 53.9 Å². The first-order valence-electron chi connectivity index (χ1n) is 10.2. The molecule has 2 aromatic heterocycles. The predicted octanol–water partition coefficient (Wildman–Crippen LogP) is 3.14. The fourth-order valence-corrected chi connectivity index (χ4v) is 6.03. The van der Waals surface area contributed by atoms with Gasteiger partial charge in [-0.25, -0.2) is 4.39 Å². The first-order chi connectivity index (χ1) is 16.3. The van der Waals surface area contributed by atoms with Gasteiger partial charge >= 0.3 is 202 Å². The van der Waals surface area contributed by atoms with Crippen molar-refractivity contribution in [1.29, 1.82) is 0 Å². The van der Waals surface area contributed by atoms with Crippen molar-refractivity contribution in [3.8, 4) is 0 Å². The van der Waals surface area contributed by atoms with Gasteiger partial charge in [0.2, 0.25) is 0 Å². The number of nitrogens with zero attached hydrogens (tertiary/aromatic N) is 5. The van der Waals surface area contributed by atoms with Crippen LogP contribution in [0, 0.1) is 23.4 Å². The summed E-state index contributed by atoms with van der Waals surface area (Å²) in [5.41, 5.74) is -0.220. The van der Waals surface area contributed by atoms with Gasteiger partial charge in [0, 0.05) is 0 Å². The van der Waals surface area contributed by atoms with Crippen LogP contribution in [0.4, 0.5) is 24.8 Å². The summed E-state index contributed by atoms with van der Waals surface area (Å²) >= 11 is 3.97. The molecule has 0 aliphatic carbocycles. The van der Waals surface area contributed by atoms with E-state index in [2.05, 4.69) is 37.1 Å². The summed E-state index contributed by atoms with van der Waals surface area (Å²) in [5.74, 6) is -1.13. The molecular weight excluding hydrogens is 528 g/mol. The van der Waals surface area contributed by atoms with Crippen molar-refractivity contribution in [3.63, 3.8) is 0 Å². The van der Waals surface area contributed by atoms with Gasteiger partial charge in [0.25, 0.3) is 0 Å². The SMILES string of the molecule is O=C(Nc1ccc(F)c(C23CN(c4ncc(F)cn4)C[C@H]2CSC([As])=N3)c1)c1ccc(F)cn1. The fraction of sp³-hybridized carbons (Fsp3) is 0.227. The van der Waals surface area contributed by atoms with Crippen molar-refractivity contribution in [2.45, 2.75) is 5.54 Å². The van der Waals surface area contributed by atoms with Gasteiger partial charge in [0.05, 0.1) is 0 Å². The first kappa shape index (κ1) is 22.9. The number of hydrogen-bond donors (Lipinski definition) is 1. The van der Waals surface area contributed by atoms with E-state index in [0.29, 0.717) is 36.0 Å². The molecule has 1 unspecified atom stereocenters. The molecule has 1 saturated heterocycles. The summed E-state index contributed by atoms with van der Waals surface area (Å²) in [5, 5.41) is 2.69. The van der Waals surface area contributed by atoms with Crippen molar-refractivity contribution in [1.82, 2.24) is 15.0 Å². The zero-order valence-electron chi connectivity index (χ0n) is 17.5. The Morgan fingerprint density at radius 3 is 2.59 bits per heavy atom. The number of aliphatic imine (C=N–C) groups is 1. The van der Waals surface area contributed by atoms with Crippen molar-refractivity contribution in [2.75, 3.05) is 29.1 Å². The van der Waals surface area contributed by atoms with Gasteiger partial charge in [-0.1, -0.05) is 0 Å². The quantitative estimate of drug-likeness (QED) is 0.509. The van der Waals surface area contributed by atoms with Crippen LogP contribution in [0.25, 0.3) is 0 Å². The van der Waals surface area contributed by atoms with Crippen molar-refractivity contribution in [2.24, 2.45) is 10.9 Å². The Labute approximate surface area is 205 Å².